The predicted octanol–water partition coefficient (Wildman–Crippen LogP) is 0.0977. The summed E-state index contributed by atoms with van der Waals surface area (Å²) in [5.74, 6) is 0.464. The molecule has 0 spiro atoms. The first-order chi connectivity index (χ1) is 7.68. The van der Waals surface area contributed by atoms with Crippen molar-refractivity contribution in [2.75, 3.05) is 25.4 Å². The average Bonchev–Trinajstić information content (AvgIpc) is 2.30. The Hall–Kier alpha value is -1.62. The summed E-state index contributed by atoms with van der Waals surface area (Å²) in [6, 6.07) is 3.60. The van der Waals surface area contributed by atoms with Crippen molar-refractivity contribution in [1.82, 2.24) is 15.2 Å². The molecule has 2 rings (SSSR count). The second-order valence-electron chi connectivity index (χ2n) is 4.02. The summed E-state index contributed by atoms with van der Waals surface area (Å²) < 4.78 is 0. The Kier molecular flexibility index (Phi) is 3.05. The lowest BCUT2D eigenvalue weighted by Crippen LogP contribution is -2.52. The third-order valence-corrected chi connectivity index (χ3v) is 2.80. The number of nitrogen functional groups attached to an aromatic ring is 1. The minimum atomic E-state index is 0.0292. The van der Waals surface area contributed by atoms with E-state index in [1.54, 1.807) is 12.1 Å². The first kappa shape index (κ1) is 10.9. The maximum Gasteiger partial charge on any atom is 0.255 e. The van der Waals surface area contributed by atoms with Crippen molar-refractivity contribution in [3.8, 4) is 0 Å². The molecule has 0 saturated carbocycles. The molecule has 0 radical (unpaired) electrons. The van der Waals surface area contributed by atoms with Crippen molar-refractivity contribution in [1.29, 1.82) is 0 Å². The summed E-state index contributed by atoms with van der Waals surface area (Å²) in [6.07, 6.45) is 1.53. The van der Waals surface area contributed by atoms with E-state index in [9.17, 15) is 4.79 Å². The fourth-order valence-electron chi connectivity index (χ4n) is 1.84. The standard InChI is InChI=1S/C11H16N4O/c1-8-6-13-4-5-15(8)11(16)9-2-3-10(12)14-7-9/h2-3,7-8,13H,4-6H2,1H3,(H2,12,14)/t8-/m1/s1. The van der Waals surface area contributed by atoms with Gasteiger partial charge in [0.2, 0.25) is 0 Å². The third kappa shape index (κ3) is 2.14. The summed E-state index contributed by atoms with van der Waals surface area (Å²) in [7, 11) is 0. The molecule has 1 aliphatic rings. The van der Waals surface area contributed by atoms with Crippen LogP contribution in [0.5, 0.6) is 0 Å². The van der Waals surface area contributed by atoms with Gasteiger partial charge in [0.25, 0.3) is 5.91 Å². The molecule has 0 bridgehead atoms. The Morgan fingerprint density at radius 1 is 1.62 bits per heavy atom. The van der Waals surface area contributed by atoms with Gasteiger partial charge in [0.15, 0.2) is 0 Å². The highest BCUT2D eigenvalue weighted by molar-refractivity contribution is 5.94. The topological polar surface area (TPSA) is 71.2 Å². The smallest absolute Gasteiger partial charge is 0.255 e. The van der Waals surface area contributed by atoms with Crippen LogP contribution in [0.3, 0.4) is 0 Å². The molecule has 5 heteroatoms. The van der Waals surface area contributed by atoms with E-state index < -0.39 is 0 Å². The number of nitrogens with zero attached hydrogens (tertiary/aromatic N) is 2. The van der Waals surface area contributed by atoms with E-state index in [1.165, 1.54) is 6.20 Å². The van der Waals surface area contributed by atoms with Crippen LogP contribution in [-0.2, 0) is 0 Å². The van der Waals surface area contributed by atoms with Crippen LogP contribution in [0, 0.1) is 0 Å². The number of nitrogens with one attached hydrogen (secondary N) is 1. The largest absolute Gasteiger partial charge is 0.384 e. The fraction of sp³-hybridized carbons (Fsp3) is 0.455. The zero-order valence-corrected chi connectivity index (χ0v) is 9.31. The zero-order valence-electron chi connectivity index (χ0n) is 9.31. The Morgan fingerprint density at radius 2 is 2.44 bits per heavy atom. The first-order valence-electron chi connectivity index (χ1n) is 5.41. The molecular formula is C11H16N4O. The van der Waals surface area contributed by atoms with Gasteiger partial charge in [-0.05, 0) is 19.1 Å². The fourth-order valence-corrected chi connectivity index (χ4v) is 1.84. The van der Waals surface area contributed by atoms with Gasteiger partial charge in [-0.25, -0.2) is 4.98 Å². The highest BCUT2D eigenvalue weighted by Gasteiger charge is 2.23. The molecule has 1 saturated heterocycles. The van der Waals surface area contributed by atoms with Gasteiger partial charge in [-0.3, -0.25) is 4.79 Å². The number of pyridine rings is 1. The van der Waals surface area contributed by atoms with E-state index in [0.29, 0.717) is 11.4 Å². The highest BCUT2D eigenvalue weighted by atomic mass is 16.2. The highest BCUT2D eigenvalue weighted by Crippen LogP contribution is 2.10. The summed E-state index contributed by atoms with van der Waals surface area (Å²) >= 11 is 0. The lowest BCUT2D eigenvalue weighted by atomic mass is 10.1. The number of hydrogen-bond donors (Lipinski definition) is 2. The maximum atomic E-state index is 12.1. The van der Waals surface area contributed by atoms with Crippen molar-refractivity contribution in [2.24, 2.45) is 0 Å². The molecule has 86 valence electrons. The number of nitrogens with two attached hydrogens (primary N) is 1. The van der Waals surface area contributed by atoms with Crippen molar-refractivity contribution in [2.45, 2.75) is 13.0 Å². The van der Waals surface area contributed by atoms with Crippen molar-refractivity contribution in [3.05, 3.63) is 23.9 Å². The van der Waals surface area contributed by atoms with Crippen LogP contribution >= 0.6 is 0 Å². The van der Waals surface area contributed by atoms with Crippen LogP contribution in [0.2, 0.25) is 0 Å². The first-order valence-corrected chi connectivity index (χ1v) is 5.41. The molecule has 0 unspecified atom stereocenters. The monoisotopic (exact) mass is 220 g/mol. The van der Waals surface area contributed by atoms with Crippen LogP contribution in [0.1, 0.15) is 17.3 Å². The van der Waals surface area contributed by atoms with Crippen molar-refractivity contribution < 1.29 is 4.79 Å². The van der Waals surface area contributed by atoms with E-state index >= 15 is 0 Å². The predicted molar refractivity (Wildman–Crippen MR) is 62.0 cm³/mol. The molecule has 1 aromatic rings. The molecule has 1 aromatic heterocycles. The van der Waals surface area contributed by atoms with Crippen LogP contribution < -0.4 is 11.1 Å². The quantitative estimate of drug-likeness (QED) is 0.704. The number of aromatic nitrogens is 1. The molecule has 0 aliphatic carbocycles. The van der Waals surface area contributed by atoms with Gasteiger partial charge in [0.1, 0.15) is 5.82 Å². The SMILES string of the molecule is C[C@@H]1CNCCN1C(=O)c1ccc(N)nc1. The number of anilines is 1. The van der Waals surface area contributed by atoms with Crippen LogP contribution in [-0.4, -0.2) is 41.5 Å². The minimum Gasteiger partial charge on any atom is -0.384 e. The minimum absolute atomic E-state index is 0.0292. The van der Waals surface area contributed by atoms with Crippen LogP contribution in [0.15, 0.2) is 18.3 Å². The molecular weight excluding hydrogens is 204 g/mol. The van der Waals surface area contributed by atoms with Gasteiger partial charge in [0, 0.05) is 31.9 Å². The van der Waals surface area contributed by atoms with Crippen molar-refractivity contribution >= 4 is 11.7 Å². The molecule has 16 heavy (non-hydrogen) atoms. The van der Waals surface area contributed by atoms with Gasteiger partial charge in [0.05, 0.1) is 5.56 Å². The van der Waals surface area contributed by atoms with Gasteiger partial charge in [-0.15, -0.1) is 0 Å². The van der Waals surface area contributed by atoms with E-state index in [4.69, 9.17) is 5.73 Å². The van der Waals surface area contributed by atoms with E-state index in [-0.39, 0.29) is 11.9 Å². The number of rotatable bonds is 1. The summed E-state index contributed by atoms with van der Waals surface area (Å²) in [5.41, 5.74) is 6.09. The number of carbonyl (C=O) groups excluding carboxylic acids is 1. The Balaban J connectivity index is 2.14. The summed E-state index contributed by atoms with van der Waals surface area (Å²) in [6.45, 7) is 4.46. The molecule has 3 N–H and O–H groups in total. The Morgan fingerprint density at radius 3 is 3.06 bits per heavy atom. The summed E-state index contributed by atoms with van der Waals surface area (Å²) in [5, 5.41) is 3.25. The molecule has 1 amide bonds. The Bertz CT molecular complexity index is 376. The maximum absolute atomic E-state index is 12.1. The van der Waals surface area contributed by atoms with Gasteiger partial charge >= 0.3 is 0 Å². The second-order valence-corrected chi connectivity index (χ2v) is 4.02. The van der Waals surface area contributed by atoms with E-state index in [1.807, 2.05) is 11.8 Å². The Labute approximate surface area is 94.6 Å². The number of amides is 1. The molecule has 1 fully saturated rings. The third-order valence-electron chi connectivity index (χ3n) is 2.80. The average molecular weight is 220 g/mol. The molecule has 0 aromatic carbocycles. The van der Waals surface area contributed by atoms with Crippen LogP contribution in [0.25, 0.3) is 0 Å². The van der Waals surface area contributed by atoms with Crippen molar-refractivity contribution in [3.63, 3.8) is 0 Å². The van der Waals surface area contributed by atoms with E-state index in [0.717, 1.165) is 19.6 Å². The number of hydrogen-bond acceptors (Lipinski definition) is 4. The second kappa shape index (κ2) is 4.49. The summed E-state index contributed by atoms with van der Waals surface area (Å²) in [4.78, 5) is 17.9. The number of piperazine rings is 1. The molecule has 1 atom stereocenters. The van der Waals surface area contributed by atoms with Crippen LogP contribution in [0.4, 0.5) is 5.82 Å². The normalized spacial score (nSPS) is 20.8. The molecule has 5 nitrogen and oxygen atoms in total. The van der Waals surface area contributed by atoms with Gasteiger partial charge in [-0.1, -0.05) is 0 Å². The van der Waals surface area contributed by atoms with E-state index in [2.05, 4.69) is 10.3 Å². The number of carbonyl (C=O) groups is 1. The van der Waals surface area contributed by atoms with Gasteiger partial charge in [-0.2, -0.15) is 0 Å². The lowest BCUT2D eigenvalue weighted by molar-refractivity contribution is 0.0655. The lowest BCUT2D eigenvalue weighted by Gasteiger charge is -2.33. The zero-order chi connectivity index (χ0) is 11.5. The van der Waals surface area contributed by atoms with Gasteiger partial charge < -0.3 is 16.0 Å². The molecule has 1 aliphatic heterocycles. The molecule has 2 heterocycles.